The molecule has 1 N–H and O–H groups in total. The highest BCUT2D eigenvalue weighted by molar-refractivity contribution is 6.33. The van der Waals surface area contributed by atoms with E-state index in [4.69, 9.17) is 16.3 Å². The van der Waals surface area contributed by atoms with Gasteiger partial charge in [0.15, 0.2) is 0 Å². The molecule has 3 heteroatoms. The molecule has 3 rings (SSSR count). The molecule has 0 amide bonds. The quantitative estimate of drug-likeness (QED) is 0.879. The summed E-state index contributed by atoms with van der Waals surface area (Å²) in [7, 11) is 1.67. The summed E-state index contributed by atoms with van der Waals surface area (Å²) in [4.78, 5) is 0. The third kappa shape index (κ3) is 2.48. The van der Waals surface area contributed by atoms with Crippen molar-refractivity contribution in [3.05, 3.63) is 58.1 Å². The first-order valence-electron chi connectivity index (χ1n) is 6.87. The Balaban J connectivity index is 1.89. The van der Waals surface area contributed by atoms with Crippen LogP contribution >= 0.6 is 11.6 Å². The number of hydrogen-bond donors (Lipinski definition) is 1. The normalized spacial score (nSPS) is 16.9. The van der Waals surface area contributed by atoms with E-state index >= 15 is 0 Å². The SMILES string of the molecule is COc1ccc(Cl)c(NC2CCc3ccc(C)cc32)c1. The van der Waals surface area contributed by atoms with Crippen LogP contribution in [-0.4, -0.2) is 7.11 Å². The predicted molar refractivity (Wildman–Crippen MR) is 83.9 cm³/mol. The maximum absolute atomic E-state index is 6.27. The van der Waals surface area contributed by atoms with Crippen LogP contribution < -0.4 is 10.1 Å². The molecule has 0 bridgehead atoms. The molecule has 2 aromatic carbocycles. The summed E-state index contributed by atoms with van der Waals surface area (Å²) in [6, 6.07) is 12.7. The van der Waals surface area contributed by atoms with Crippen molar-refractivity contribution in [2.24, 2.45) is 0 Å². The second kappa shape index (κ2) is 5.37. The third-order valence-corrected chi connectivity index (χ3v) is 4.21. The van der Waals surface area contributed by atoms with Gasteiger partial charge in [-0.05, 0) is 43.0 Å². The Morgan fingerprint density at radius 1 is 1.20 bits per heavy atom. The Morgan fingerprint density at radius 2 is 2.05 bits per heavy atom. The molecule has 20 heavy (non-hydrogen) atoms. The van der Waals surface area contributed by atoms with E-state index < -0.39 is 0 Å². The third-order valence-electron chi connectivity index (χ3n) is 3.88. The van der Waals surface area contributed by atoms with Gasteiger partial charge in [0.25, 0.3) is 0 Å². The van der Waals surface area contributed by atoms with Crippen LogP contribution in [0.2, 0.25) is 5.02 Å². The Kier molecular flexibility index (Phi) is 3.58. The Morgan fingerprint density at radius 3 is 2.85 bits per heavy atom. The zero-order chi connectivity index (χ0) is 14.1. The molecule has 1 unspecified atom stereocenters. The monoisotopic (exact) mass is 287 g/mol. The summed E-state index contributed by atoms with van der Waals surface area (Å²) in [6.45, 7) is 2.13. The zero-order valence-electron chi connectivity index (χ0n) is 11.7. The van der Waals surface area contributed by atoms with Gasteiger partial charge in [-0.25, -0.2) is 0 Å². The second-order valence-corrected chi connectivity index (χ2v) is 5.69. The molecule has 0 saturated carbocycles. The lowest BCUT2D eigenvalue weighted by atomic mass is 10.0. The van der Waals surface area contributed by atoms with Crippen molar-refractivity contribution in [1.29, 1.82) is 0 Å². The number of rotatable bonds is 3. The second-order valence-electron chi connectivity index (χ2n) is 5.28. The molecule has 0 aromatic heterocycles. The minimum atomic E-state index is 0.328. The van der Waals surface area contributed by atoms with Crippen LogP contribution in [0.15, 0.2) is 36.4 Å². The number of hydrogen-bond acceptors (Lipinski definition) is 2. The molecule has 1 aliphatic rings. The summed E-state index contributed by atoms with van der Waals surface area (Å²) in [5, 5.41) is 4.28. The molecule has 2 aromatic rings. The average Bonchev–Trinajstić information content (AvgIpc) is 2.84. The van der Waals surface area contributed by atoms with E-state index in [9.17, 15) is 0 Å². The molecule has 0 saturated heterocycles. The minimum absolute atomic E-state index is 0.328. The fraction of sp³-hybridized carbons (Fsp3) is 0.294. The number of benzene rings is 2. The van der Waals surface area contributed by atoms with E-state index in [-0.39, 0.29) is 0 Å². The van der Waals surface area contributed by atoms with Crippen LogP contribution in [0.25, 0.3) is 0 Å². The molecule has 0 heterocycles. The van der Waals surface area contributed by atoms with Gasteiger partial charge in [-0.3, -0.25) is 0 Å². The van der Waals surface area contributed by atoms with Crippen molar-refractivity contribution in [1.82, 2.24) is 0 Å². The van der Waals surface area contributed by atoms with Crippen LogP contribution in [0.1, 0.15) is 29.2 Å². The fourth-order valence-electron chi connectivity index (χ4n) is 2.80. The maximum atomic E-state index is 6.27. The first-order valence-corrected chi connectivity index (χ1v) is 7.24. The number of methoxy groups -OCH3 is 1. The first kappa shape index (κ1) is 13.3. The van der Waals surface area contributed by atoms with Crippen LogP contribution in [-0.2, 0) is 6.42 Å². The minimum Gasteiger partial charge on any atom is -0.497 e. The lowest BCUT2D eigenvalue weighted by molar-refractivity contribution is 0.415. The van der Waals surface area contributed by atoms with E-state index in [1.54, 1.807) is 7.11 Å². The standard InChI is InChI=1S/C17H18ClNO/c1-11-3-4-12-5-8-16(14(12)9-11)19-17-10-13(20-2)6-7-15(17)18/h3-4,6-7,9-10,16,19H,5,8H2,1-2H3. The van der Waals surface area contributed by atoms with Gasteiger partial charge in [-0.2, -0.15) is 0 Å². The summed E-state index contributed by atoms with van der Waals surface area (Å²) >= 11 is 6.27. The highest BCUT2D eigenvalue weighted by Crippen LogP contribution is 2.37. The molecular formula is C17H18ClNO. The number of fused-ring (bicyclic) bond motifs is 1. The fourth-order valence-corrected chi connectivity index (χ4v) is 2.97. The zero-order valence-corrected chi connectivity index (χ0v) is 12.5. The van der Waals surface area contributed by atoms with Crippen LogP contribution in [0.3, 0.4) is 0 Å². The molecule has 0 spiro atoms. The van der Waals surface area contributed by atoms with Gasteiger partial charge in [0.2, 0.25) is 0 Å². The van der Waals surface area contributed by atoms with Crippen molar-refractivity contribution < 1.29 is 4.74 Å². The number of halogens is 1. The summed E-state index contributed by atoms with van der Waals surface area (Å²) < 4.78 is 5.26. The lowest BCUT2D eigenvalue weighted by Crippen LogP contribution is -2.07. The molecule has 0 radical (unpaired) electrons. The number of aryl methyl sites for hydroxylation is 2. The summed E-state index contributed by atoms with van der Waals surface area (Å²) in [5.74, 6) is 0.819. The molecule has 2 nitrogen and oxygen atoms in total. The van der Waals surface area contributed by atoms with Crippen molar-refractivity contribution >= 4 is 17.3 Å². The lowest BCUT2D eigenvalue weighted by Gasteiger charge is -2.17. The summed E-state index contributed by atoms with van der Waals surface area (Å²) in [5.41, 5.74) is 5.07. The van der Waals surface area contributed by atoms with Gasteiger partial charge in [0, 0.05) is 6.07 Å². The highest BCUT2D eigenvalue weighted by Gasteiger charge is 2.22. The molecule has 0 fully saturated rings. The van der Waals surface area contributed by atoms with E-state index in [1.165, 1.54) is 16.7 Å². The van der Waals surface area contributed by atoms with E-state index in [2.05, 4.69) is 30.4 Å². The van der Waals surface area contributed by atoms with Gasteiger partial charge in [0.05, 0.1) is 23.9 Å². The average molecular weight is 288 g/mol. The number of nitrogens with one attached hydrogen (secondary N) is 1. The highest BCUT2D eigenvalue weighted by atomic mass is 35.5. The van der Waals surface area contributed by atoms with Crippen LogP contribution in [0, 0.1) is 6.92 Å². The Labute approximate surface area is 124 Å². The van der Waals surface area contributed by atoms with E-state index in [0.717, 1.165) is 29.3 Å². The Bertz CT molecular complexity index is 639. The molecule has 104 valence electrons. The van der Waals surface area contributed by atoms with Gasteiger partial charge >= 0.3 is 0 Å². The van der Waals surface area contributed by atoms with Crippen molar-refractivity contribution in [3.63, 3.8) is 0 Å². The van der Waals surface area contributed by atoms with E-state index in [0.29, 0.717) is 6.04 Å². The van der Waals surface area contributed by atoms with Gasteiger partial charge in [-0.15, -0.1) is 0 Å². The van der Waals surface area contributed by atoms with Gasteiger partial charge < -0.3 is 10.1 Å². The predicted octanol–water partition coefficient (Wildman–Crippen LogP) is 4.76. The summed E-state index contributed by atoms with van der Waals surface area (Å²) in [6.07, 6.45) is 2.22. The van der Waals surface area contributed by atoms with Crippen LogP contribution in [0.4, 0.5) is 5.69 Å². The maximum Gasteiger partial charge on any atom is 0.121 e. The molecular weight excluding hydrogens is 270 g/mol. The first-order chi connectivity index (χ1) is 9.67. The molecule has 1 aliphatic carbocycles. The van der Waals surface area contributed by atoms with Crippen molar-refractivity contribution in [3.8, 4) is 5.75 Å². The van der Waals surface area contributed by atoms with Gasteiger partial charge in [0.1, 0.15) is 5.75 Å². The Hall–Kier alpha value is -1.67. The number of ether oxygens (including phenoxy) is 1. The van der Waals surface area contributed by atoms with Crippen LogP contribution in [0.5, 0.6) is 5.75 Å². The van der Waals surface area contributed by atoms with Crippen molar-refractivity contribution in [2.45, 2.75) is 25.8 Å². The molecule has 1 atom stereocenters. The van der Waals surface area contributed by atoms with Crippen molar-refractivity contribution in [2.75, 3.05) is 12.4 Å². The largest absolute Gasteiger partial charge is 0.497 e. The van der Waals surface area contributed by atoms with E-state index in [1.807, 2.05) is 18.2 Å². The number of anilines is 1. The molecule has 0 aliphatic heterocycles. The van der Waals surface area contributed by atoms with Gasteiger partial charge in [-0.1, -0.05) is 35.4 Å². The smallest absolute Gasteiger partial charge is 0.121 e. The topological polar surface area (TPSA) is 21.3 Å².